The second-order valence-electron chi connectivity index (χ2n) is 6.29. The van der Waals surface area contributed by atoms with Gasteiger partial charge in [-0.05, 0) is 33.1 Å². The molecule has 1 aromatic rings. The second-order valence-corrected chi connectivity index (χ2v) is 6.29. The van der Waals surface area contributed by atoms with E-state index in [-0.39, 0.29) is 24.0 Å². The molecule has 2 aliphatic heterocycles. The fourth-order valence-electron chi connectivity index (χ4n) is 3.32. The van der Waals surface area contributed by atoms with Gasteiger partial charge in [0.2, 0.25) is 5.91 Å². The zero-order valence-electron chi connectivity index (χ0n) is 13.2. The van der Waals surface area contributed by atoms with Crippen molar-refractivity contribution in [1.29, 1.82) is 0 Å². The van der Waals surface area contributed by atoms with Crippen LogP contribution >= 0.6 is 0 Å². The molecule has 0 spiro atoms. The Balaban J connectivity index is 1.72. The van der Waals surface area contributed by atoms with Gasteiger partial charge >= 0.3 is 0 Å². The topological polar surface area (TPSA) is 63.1 Å². The van der Waals surface area contributed by atoms with E-state index in [4.69, 9.17) is 0 Å². The predicted octanol–water partition coefficient (Wildman–Crippen LogP) is 1.27. The SMILES string of the molecule is CCc1nc2n(n1)CCCC2NC1CCN(C(C)C)C1=O. The first kappa shape index (κ1) is 14.5. The van der Waals surface area contributed by atoms with E-state index in [1.807, 2.05) is 9.58 Å². The number of hydrogen-bond donors (Lipinski definition) is 1. The van der Waals surface area contributed by atoms with Crippen LogP contribution in [0.1, 0.15) is 57.7 Å². The maximum Gasteiger partial charge on any atom is 0.240 e. The molecule has 0 aromatic carbocycles. The molecule has 2 unspecified atom stereocenters. The summed E-state index contributed by atoms with van der Waals surface area (Å²) in [6, 6.07) is 0.379. The molecule has 1 amide bonds. The van der Waals surface area contributed by atoms with Gasteiger partial charge in [0.15, 0.2) is 5.82 Å². The fraction of sp³-hybridized carbons (Fsp3) is 0.800. The third-order valence-electron chi connectivity index (χ3n) is 4.50. The lowest BCUT2D eigenvalue weighted by molar-refractivity contribution is -0.131. The van der Waals surface area contributed by atoms with Gasteiger partial charge in [0.05, 0.1) is 12.1 Å². The number of aromatic nitrogens is 3. The van der Waals surface area contributed by atoms with E-state index in [1.165, 1.54) is 0 Å². The average molecular weight is 291 g/mol. The van der Waals surface area contributed by atoms with Gasteiger partial charge in [0.1, 0.15) is 5.82 Å². The Hall–Kier alpha value is -1.43. The van der Waals surface area contributed by atoms with Crippen molar-refractivity contribution < 1.29 is 4.79 Å². The molecule has 0 aliphatic carbocycles. The standard InChI is InChI=1S/C15H25N5O/c1-4-13-17-14-11(6-5-8-20(14)18-13)16-12-7-9-19(10(2)3)15(12)21/h10-12,16H,4-9H2,1-3H3. The van der Waals surface area contributed by atoms with E-state index in [0.29, 0.717) is 0 Å². The van der Waals surface area contributed by atoms with Crippen LogP contribution < -0.4 is 5.32 Å². The quantitative estimate of drug-likeness (QED) is 0.907. The minimum atomic E-state index is -0.0641. The Morgan fingerprint density at radius 3 is 2.76 bits per heavy atom. The smallest absolute Gasteiger partial charge is 0.240 e. The predicted molar refractivity (Wildman–Crippen MR) is 79.8 cm³/mol. The van der Waals surface area contributed by atoms with Crippen molar-refractivity contribution in [2.24, 2.45) is 0 Å². The average Bonchev–Trinajstić information content (AvgIpc) is 3.03. The van der Waals surface area contributed by atoms with Crippen LogP contribution in [0.2, 0.25) is 0 Å². The largest absolute Gasteiger partial charge is 0.339 e. The third kappa shape index (κ3) is 2.69. The summed E-state index contributed by atoms with van der Waals surface area (Å²) in [6.07, 6.45) is 3.87. The van der Waals surface area contributed by atoms with Crippen LogP contribution in [0.5, 0.6) is 0 Å². The van der Waals surface area contributed by atoms with E-state index in [9.17, 15) is 4.79 Å². The highest BCUT2D eigenvalue weighted by molar-refractivity contribution is 5.84. The van der Waals surface area contributed by atoms with Crippen molar-refractivity contribution in [2.45, 2.75) is 71.1 Å². The Kier molecular flexibility index (Phi) is 3.97. The van der Waals surface area contributed by atoms with Crippen LogP contribution in [0.3, 0.4) is 0 Å². The number of carbonyl (C=O) groups is 1. The second kappa shape index (κ2) is 5.75. The Morgan fingerprint density at radius 1 is 1.29 bits per heavy atom. The van der Waals surface area contributed by atoms with Gasteiger partial charge in [-0.2, -0.15) is 5.10 Å². The molecule has 2 atom stereocenters. The van der Waals surface area contributed by atoms with Crippen LogP contribution in [0.4, 0.5) is 0 Å². The van der Waals surface area contributed by atoms with Gasteiger partial charge in [-0.15, -0.1) is 0 Å². The molecule has 1 fully saturated rings. The lowest BCUT2D eigenvalue weighted by Gasteiger charge is -2.26. The van der Waals surface area contributed by atoms with Crippen LogP contribution in [0.25, 0.3) is 0 Å². The summed E-state index contributed by atoms with van der Waals surface area (Å²) < 4.78 is 2.01. The summed E-state index contributed by atoms with van der Waals surface area (Å²) in [7, 11) is 0. The maximum atomic E-state index is 12.4. The van der Waals surface area contributed by atoms with Gasteiger partial charge in [0, 0.05) is 25.6 Å². The van der Waals surface area contributed by atoms with Crippen molar-refractivity contribution in [1.82, 2.24) is 25.0 Å². The van der Waals surface area contributed by atoms with Crippen LogP contribution in [-0.2, 0) is 17.8 Å². The molecule has 0 radical (unpaired) electrons. The number of fused-ring (bicyclic) bond motifs is 1. The maximum absolute atomic E-state index is 12.4. The summed E-state index contributed by atoms with van der Waals surface area (Å²) in [6.45, 7) is 8.02. The zero-order valence-corrected chi connectivity index (χ0v) is 13.2. The van der Waals surface area contributed by atoms with E-state index in [2.05, 4.69) is 36.2 Å². The normalized spacial score (nSPS) is 25.7. The first-order valence-electron chi connectivity index (χ1n) is 8.10. The van der Waals surface area contributed by atoms with Crippen LogP contribution in [0.15, 0.2) is 0 Å². The molecule has 1 saturated heterocycles. The summed E-state index contributed by atoms with van der Waals surface area (Å²) in [5, 5.41) is 8.06. The third-order valence-corrected chi connectivity index (χ3v) is 4.50. The van der Waals surface area contributed by atoms with Crippen molar-refractivity contribution in [3.63, 3.8) is 0 Å². The lowest BCUT2D eigenvalue weighted by Crippen LogP contribution is -2.43. The summed E-state index contributed by atoms with van der Waals surface area (Å²) in [4.78, 5) is 19.0. The molecule has 0 saturated carbocycles. The van der Waals surface area contributed by atoms with Crippen molar-refractivity contribution >= 4 is 5.91 Å². The molecule has 6 nitrogen and oxygen atoms in total. The summed E-state index contributed by atoms with van der Waals surface area (Å²) >= 11 is 0. The Labute approximate surface area is 125 Å². The van der Waals surface area contributed by atoms with E-state index < -0.39 is 0 Å². The zero-order chi connectivity index (χ0) is 15.0. The van der Waals surface area contributed by atoms with Crippen LogP contribution in [-0.4, -0.2) is 44.2 Å². The number of aryl methyl sites for hydroxylation is 2. The van der Waals surface area contributed by atoms with Gasteiger partial charge < -0.3 is 4.90 Å². The number of hydrogen-bond acceptors (Lipinski definition) is 4. The highest BCUT2D eigenvalue weighted by atomic mass is 16.2. The highest BCUT2D eigenvalue weighted by Crippen LogP contribution is 2.26. The fourth-order valence-corrected chi connectivity index (χ4v) is 3.32. The number of amides is 1. The highest BCUT2D eigenvalue weighted by Gasteiger charge is 2.36. The van der Waals surface area contributed by atoms with Gasteiger partial charge in [0.25, 0.3) is 0 Å². The number of likely N-dealkylation sites (tertiary alicyclic amines) is 1. The molecule has 3 heterocycles. The van der Waals surface area contributed by atoms with Gasteiger partial charge in [-0.3, -0.25) is 10.1 Å². The molecule has 116 valence electrons. The summed E-state index contributed by atoms with van der Waals surface area (Å²) in [5.41, 5.74) is 0. The molecule has 1 aromatic heterocycles. The number of carbonyl (C=O) groups excluding carboxylic acids is 1. The number of nitrogens with zero attached hydrogens (tertiary/aromatic N) is 4. The number of rotatable bonds is 4. The summed E-state index contributed by atoms with van der Waals surface area (Å²) in [5.74, 6) is 2.14. The molecule has 0 bridgehead atoms. The van der Waals surface area contributed by atoms with Crippen molar-refractivity contribution in [2.75, 3.05) is 6.54 Å². The Bertz CT molecular complexity index is 524. The minimum absolute atomic E-state index is 0.0641. The molecular formula is C15H25N5O. The lowest BCUT2D eigenvalue weighted by atomic mass is 10.1. The van der Waals surface area contributed by atoms with Crippen molar-refractivity contribution in [3.05, 3.63) is 11.6 Å². The molecule has 1 N–H and O–H groups in total. The molecule has 3 rings (SSSR count). The van der Waals surface area contributed by atoms with Crippen LogP contribution in [0, 0.1) is 0 Å². The molecule has 6 heteroatoms. The molecular weight excluding hydrogens is 266 g/mol. The van der Waals surface area contributed by atoms with Crippen molar-refractivity contribution in [3.8, 4) is 0 Å². The monoisotopic (exact) mass is 291 g/mol. The van der Waals surface area contributed by atoms with Gasteiger partial charge in [-0.25, -0.2) is 9.67 Å². The molecule has 2 aliphatic rings. The Morgan fingerprint density at radius 2 is 2.10 bits per heavy atom. The van der Waals surface area contributed by atoms with E-state index in [0.717, 1.165) is 50.4 Å². The first-order chi connectivity index (χ1) is 10.1. The first-order valence-corrected chi connectivity index (χ1v) is 8.10. The molecule has 21 heavy (non-hydrogen) atoms. The van der Waals surface area contributed by atoms with Gasteiger partial charge in [-0.1, -0.05) is 6.92 Å². The minimum Gasteiger partial charge on any atom is -0.339 e. The van der Waals surface area contributed by atoms with E-state index in [1.54, 1.807) is 0 Å². The van der Waals surface area contributed by atoms with E-state index >= 15 is 0 Å². The number of nitrogens with one attached hydrogen (secondary N) is 1.